The maximum atomic E-state index is 5.88. The van der Waals surface area contributed by atoms with Crippen molar-refractivity contribution in [1.29, 1.82) is 0 Å². The smallest absolute Gasteiger partial charge is 0.181 e. The molecule has 0 aliphatic rings. The van der Waals surface area contributed by atoms with Crippen molar-refractivity contribution >= 4 is 43.8 Å². The van der Waals surface area contributed by atoms with Gasteiger partial charge in [-0.05, 0) is 26.0 Å². The Bertz CT molecular complexity index is 538. The molecular formula is C10H12N4S. The molecule has 0 aliphatic heterocycles. The van der Waals surface area contributed by atoms with E-state index in [1.807, 2.05) is 26.0 Å². The molecule has 2 aromatic rings. The van der Waals surface area contributed by atoms with E-state index >= 15 is 0 Å². The zero-order valence-corrected chi connectivity index (χ0v) is 9.43. The lowest BCUT2D eigenvalue weighted by Crippen LogP contribution is -1.87. The SMILES string of the molecule is CC(C)=Nc1c(N)ccc2nc(N)sc12. The molecule has 5 heteroatoms. The van der Waals surface area contributed by atoms with Crippen molar-refractivity contribution in [1.82, 2.24) is 4.98 Å². The van der Waals surface area contributed by atoms with E-state index in [-0.39, 0.29) is 0 Å². The van der Waals surface area contributed by atoms with Crippen LogP contribution in [0.3, 0.4) is 0 Å². The number of aromatic nitrogens is 1. The second-order valence-electron chi connectivity index (χ2n) is 3.46. The molecule has 1 aromatic carbocycles. The zero-order chi connectivity index (χ0) is 11.0. The minimum absolute atomic E-state index is 0.542. The summed E-state index contributed by atoms with van der Waals surface area (Å²) < 4.78 is 0.953. The molecule has 15 heavy (non-hydrogen) atoms. The van der Waals surface area contributed by atoms with Gasteiger partial charge in [-0.1, -0.05) is 11.3 Å². The maximum Gasteiger partial charge on any atom is 0.181 e. The third kappa shape index (κ3) is 1.78. The normalized spacial score (nSPS) is 10.5. The molecule has 0 atom stereocenters. The van der Waals surface area contributed by atoms with Crippen molar-refractivity contribution in [2.45, 2.75) is 13.8 Å². The van der Waals surface area contributed by atoms with Crippen LogP contribution in [-0.4, -0.2) is 10.7 Å². The summed E-state index contributed by atoms with van der Waals surface area (Å²) in [5.74, 6) is 0. The molecule has 0 fully saturated rings. The molecule has 4 N–H and O–H groups in total. The third-order valence-electron chi connectivity index (χ3n) is 1.91. The van der Waals surface area contributed by atoms with E-state index in [1.54, 1.807) is 0 Å². The molecule has 4 nitrogen and oxygen atoms in total. The molecule has 0 spiro atoms. The summed E-state index contributed by atoms with van der Waals surface area (Å²) in [5, 5.41) is 0.542. The number of nitrogens with two attached hydrogens (primary N) is 2. The topological polar surface area (TPSA) is 77.3 Å². The fraction of sp³-hybridized carbons (Fsp3) is 0.200. The van der Waals surface area contributed by atoms with Gasteiger partial charge in [0.05, 0.1) is 15.9 Å². The molecule has 0 saturated carbocycles. The first-order valence-electron chi connectivity index (χ1n) is 4.54. The molecule has 0 aliphatic carbocycles. The lowest BCUT2D eigenvalue weighted by molar-refractivity contribution is 1.47. The monoisotopic (exact) mass is 220 g/mol. The second kappa shape index (κ2) is 3.51. The van der Waals surface area contributed by atoms with Crippen LogP contribution >= 0.6 is 11.3 Å². The van der Waals surface area contributed by atoms with E-state index in [0.717, 1.165) is 21.6 Å². The van der Waals surface area contributed by atoms with Crippen molar-refractivity contribution in [3.8, 4) is 0 Å². The number of aliphatic imine (C=N–C) groups is 1. The van der Waals surface area contributed by atoms with E-state index < -0.39 is 0 Å². The van der Waals surface area contributed by atoms with Gasteiger partial charge in [0, 0.05) is 5.71 Å². The van der Waals surface area contributed by atoms with Gasteiger partial charge in [-0.2, -0.15) is 0 Å². The van der Waals surface area contributed by atoms with Crippen LogP contribution in [0.5, 0.6) is 0 Å². The molecule has 78 valence electrons. The summed E-state index contributed by atoms with van der Waals surface area (Å²) in [6.07, 6.45) is 0. The largest absolute Gasteiger partial charge is 0.397 e. The predicted molar refractivity (Wildman–Crippen MR) is 66.9 cm³/mol. The Morgan fingerprint density at radius 2 is 2.07 bits per heavy atom. The minimum Gasteiger partial charge on any atom is -0.397 e. The van der Waals surface area contributed by atoms with Crippen LogP contribution in [0.4, 0.5) is 16.5 Å². The molecule has 0 unspecified atom stereocenters. The molecule has 1 aromatic heterocycles. The predicted octanol–water partition coefficient (Wildman–Crippen LogP) is 2.57. The van der Waals surface area contributed by atoms with Crippen LogP contribution in [0.25, 0.3) is 10.2 Å². The van der Waals surface area contributed by atoms with E-state index in [4.69, 9.17) is 11.5 Å². The molecule has 0 amide bonds. The lowest BCUT2D eigenvalue weighted by atomic mass is 10.2. The summed E-state index contributed by atoms with van der Waals surface area (Å²) >= 11 is 1.41. The highest BCUT2D eigenvalue weighted by atomic mass is 32.1. The van der Waals surface area contributed by atoms with Crippen molar-refractivity contribution in [3.05, 3.63) is 12.1 Å². The fourth-order valence-corrected chi connectivity index (χ4v) is 2.18. The number of nitrogen functional groups attached to an aromatic ring is 2. The summed E-state index contributed by atoms with van der Waals surface area (Å²) in [6.45, 7) is 3.87. The van der Waals surface area contributed by atoms with Crippen LogP contribution in [0.15, 0.2) is 17.1 Å². The number of hydrogen-bond donors (Lipinski definition) is 2. The molecule has 1 heterocycles. The maximum absolute atomic E-state index is 5.88. The summed E-state index contributed by atoms with van der Waals surface area (Å²) in [6, 6.07) is 3.67. The Balaban J connectivity index is 2.79. The highest BCUT2D eigenvalue weighted by Crippen LogP contribution is 2.37. The third-order valence-corrected chi connectivity index (χ3v) is 2.82. The van der Waals surface area contributed by atoms with Crippen LogP contribution in [0, 0.1) is 0 Å². The first-order valence-corrected chi connectivity index (χ1v) is 5.36. The highest BCUT2D eigenvalue weighted by Gasteiger charge is 2.08. The molecular weight excluding hydrogens is 208 g/mol. The van der Waals surface area contributed by atoms with Crippen molar-refractivity contribution in [2.75, 3.05) is 11.5 Å². The first kappa shape index (κ1) is 9.92. The van der Waals surface area contributed by atoms with Gasteiger partial charge in [-0.3, -0.25) is 4.99 Å². The first-order chi connectivity index (χ1) is 7.08. The number of rotatable bonds is 1. The molecule has 2 rings (SSSR count). The second-order valence-corrected chi connectivity index (χ2v) is 4.49. The number of fused-ring (bicyclic) bond motifs is 1. The highest BCUT2D eigenvalue weighted by molar-refractivity contribution is 7.22. The van der Waals surface area contributed by atoms with Gasteiger partial charge in [0.25, 0.3) is 0 Å². The van der Waals surface area contributed by atoms with Crippen LogP contribution in [-0.2, 0) is 0 Å². The fourth-order valence-electron chi connectivity index (χ4n) is 1.35. The van der Waals surface area contributed by atoms with Gasteiger partial charge >= 0.3 is 0 Å². The number of anilines is 2. The average Bonchev–Trinajstić information content (AvgIpc) is 2.51. The van der Waals surface area contributed by atoms with Crippen LogP contribution in [0.2, 0.25) is 0 Å². The summed E-state index contributed by atoms with van der Waals surface area (Å²) in [5.41, 5.74) is 14.8. The van der Waals surface area contributed by atoms with E-state index in [2.05, 4.69) is 9.98 Å². The van der Waals surface area contributed by atoms with Gasteiger partial charge < -0.3 is 11.5 Å². The Morgan fingerprint density at radius 3 is 2.73 bits per heavy atom. The van der Waals surface area contributed by atoms with Crippen LogP contribution in [0.1, 0.15) is 13.8 Å². The van der Waals surface area contributed by atoms with Crippen molar-refractivity contribution in [2.24, 2.45) is 4.99 Å². The lowest BCUT2D eigenvalue weighted by Gasteiger charge is -2.01. The average molecular weight is 220 g/mol. The molecule has 0 radical (unpaired) electrons. The number of hydrogen-bond acceptors (Lipinski definition) is 5. The molecule has 0 bridgehead atoms. The number of nitrogens with zero attached hydrogens (tertiary/aromatic N) is 2. The van der Waals surface area contributed by atoms with E-state index in [1.165, 1.54) is 11.3 Å². The van der Waals surface area contributed by atoms with Gasteiger partial charge in [0.1, 0.15) is 5.69 Å². The Kier molecular flexibility index (Phi) is 2.32. The summed E-state index contributed by atoms with van der Waals surface area (Å²) in [4.78, 5) is 8.60. The van der Waals surface area contributed by atoms with E-state index in [0.29, 0.717) is 10.8 Å². The Morgan fingerprint density at radius 1 is 1.33 bits per heavy atom. The van der Waals surface area contributed by atoms with Crippen molar-refractivity contribution in [3.63, 3.8) is 0 Å². The standard InChI is InChI=1S/C10H12N4S/c1-5(2)13-8-6(11)3-4-7-9(8)15-10(12)14-7/h3-4H,11H2,1-2H3,(H2,12,14). The Labute approximate surface area is 91.6 Å². The quantitative estimate of drug-likeness (QED) is 0.572. The zero-order valence-electron chi connectivity index (χ0n) is 8.61. The minimum atomic E-state index is 0.542. The number of benzene rings is 1. The summed E-state index contributed by atoms with van der Waals surface area (Å²) in [7, 11) is 0. The van der Waals surface area contributed by atoms with E-state index in [9.17, 15) is 0 Å². The van der Waals surface area contributed by atoms with Gasteiger partial charge in [0.15, 0.2) is 5.13 Å². The van der Waals surface area contributed by atoms with Gasteiger partial charge in [-0.25, -0.2) is 4.98 Å². The van der Waals surface area contributed by atoms with Crippen molar-refractivity contribution < 1.29 is 0 Å². The van der Waals surface area contributed by atoms with Gasteiger partial charge in [0.2, 0.25) is 0 Å². The Hall–Kier alpha value is -1.62. The van der Waals surface area contributed by atoms with Gasteiger partial charge in [-0.15, -0.1) is 0 Å². The number of thiazole rings is 1. The van der Waals surface area contributed by atoms with Crippen LogP contribution < -0.4 is 11.5 Å². The molecule has 0 saturated heterocycles.